The summed E-state index contributed by atoms with van der Waals surface area (Å²) in [7, 11) is 0. The fourth-order valence-corrected chi connectivity index (χ4v) is 4.60. The van der Waals surface area contributed by atoms with E-state index >= 15 is 0 Å². The van der Waals surface area contributed by atoms with Crippen LogP contribution in [0.4, 0.5) is 5.00 Å². The Morgan fingerprint density at radius 3 is 2.56 bits per heavy atom. The van der Waals surface area contributed by atoms with Crippen molar-refractivity contribution in [1.29, 1.82) is 0 Å². The van der Waals surface area contributed by atoms with E-state index in [1.807, 2.05) is 19.1 Å². The Labute approximate surface area is 152 Å². The summed E-state index contributed by atoms with van der Waals surface area (Å²) in [5.74, 6) is -0.507. The van der Waals surface area contributed by atoms with Crippen LogP contribution in [0.2, 0.25) is 0 Å². The number of thiophene rings is 1. The Bertz CT molecular complexity index is 778. The van der Waals surface area contributed by atoms with Crippen molar-refractivity contribution in [2.24, 2.45) is 5.73 Å². The van der Waals surface area contributed by atoms with Crippen molar-refractivity contribution in [2.75, 3.05) is 5.32 Å². The monoisotopic (exact) mass is 356 g/mol. The molecule has 0 spiro atoms. The highest BCUT2D eigenvalue weighted by Gasteiger charge is 2.24. The quantitative estimate of drug-likeness (QED) is 0.795. The molecule has 0 atom stereocenters. The molecule has 0 fully saturated rings. The van der Waals surface area contributed by atoms with Crippen LogP contribution in [0.5, 0.6) is 0 Å². The van der Waals surface area contributed by atoms with E-state index in [0.717, 1.165) is 36.8 Å². The fraction of sp³-hybridized carbons (Fsp3) is 0.400. The summed E-state index contributed by atoms with van der Waals surface area (Å²) in [6.45, 7) is 2.04. The summed E-state index contributed by atoms with van der Waals surface area (Å²) >= 11 is 1.52. The number of carbonyl (C=O) groups excluding carboxylic acids is 2. The zero-order chi connectivity index (χ0) is 17.8. The molecule has 132 valence electrons. The number of rotatable bonds is 5. The second-order valence-electron chi connectivity index (χ2n) is 6.67. The number of nitrogens with one attached hydrogen (secondary N) is 1. The molecule has 2 aromatic rings. The molecule has 5 heteroatoms. The number of hydrogen-bond donors (Lipinski definition) is 2. The molecule has 3 rings (SSSR count). The number of aryl methyl sites for hydroxylation is 3. The van der Waals surface area contributed by atoms with E-state index in [1.54, 1.807) is 0 Å². The highest BCUT2D eigenvalue weighted by atomic mass is 32.1. The summed E-state index contributed by atoms with van der Waals surface area (Å²) in [5, 5.41) is 3.56. The minimum atomic E-state index is -0.437. The predicted molar refractivity (Wildman–Crippen MR) is 102 cm³/mol. The second-order valence-corrected chi connectivity index (χ2v) is 7.77. The van der Waals surface area contributed by atoms with Gasteiger partial charge in [0.25, 0.3) is 5.91 Å². The lowest BCUT2D eigenvalue weighted by molar-refractivity contribution is -0.116. The van der Waals surface area contributed by atoms with Crippen molar-refractivity contribution in [2.45, 2.75) is 51.9 Å². The molecule has 1 aromatic heterocycles. The summed E-state index contributed by atoms with van der Waals surface area (Å²) in [4.78, 5) is 25.5. The Morgan fingerprint density at radius 2 is 1.84 bits per heavy atom. The molecule has 3 N–H and O–H groups in total. The van der Waals surface area contributed by atoms with E-state index < -0.39 is 5.91 Å². The van der Waals surface area contributed by atoms with Crippen LogP contribution in [-0.2, 0) is 24.1 Å². The van der Waals surface area contributed by atoms with Gasteiger partial charge in [-0.3, -0.25) is 9.59 Å². The molecule has 4 nitrogen and oxygen atoms in total. The zero-order valence-electron chi connectivity index (χ0n) is 14.6. The van der Waals surface area contributed by atoms with E-state index in [2.05, 4.69) is 17.4 Å². The third kappa shape index (κ3) is 4.28. The van der Waals surface area contributed by atoms with Crippen LogP contribution < -0.4 is 11.1 Å². The zero-order valence-corrected chi connectivity index (χ0v) is 15.4. The van der Waals surface area contributed by atoms with Crippen molar-refractivity contribution in [3.8, 4) is 0 Å². The molecule has 1 aliphatic rings. The first-order chi connectivity index (χ1) is 12.0. The smallest absolute Gasteiger partial charge is 0.251 e. The van der Waals surface area contributed by atoms with Crippen LogP contribution in [0.3, 0.4) is 0 Å². The van der Waals surface area contributed by atoms with Crippen LogP contribution in [0.1, 0.15) is 57.6 Å². The van der Waals surface area contributed by atoms with Gasteiger partial charge >= 0.3 is 0 Å². The number of primary amides is 1. The first-order valence-corrected chi connectivity index (χ1v) is 9.66. The lowest BCUT2D eigenvalue weighted by Crippen LogP contribution is -2.18. The summed E-state index contributed by atoms with van der Waals surface area (Å²) in [6, 6.07) is 8.19. The van der Waals surface area contributed by atoms with Gasteiger partial charge in [-0.25, -0.2) is 0 Å². The second kappa shape index (κ2) is 7.83. The molecule has 0 aliphatic heterocycles. The van der Waals surface area contributed by atoms with Gasteiger partial charge in [0.05, 0.1) is 5.56 Å². The summed E-state index contributed by atoms with van der Waals surface area (Å²) < 4.78 is 0. The molecule has 2 amide bonds. The molecular formula is C20H24N2O2S. The molecule has 1 aromatic carbocycles. The third-order valence-corrected chi connectivity index (χ3v) is 5.89. The van der Waals surface area contributed by atoms with Crippen molar-refractivity contribution in [1.82, 2.24) is 0 Å². The molecule has 0 unspecified atom stereocenters. The number of benzene rings is 1. The topological polar surface area (TPSA) is 72.2 Å². The number of anilines is 1. The van der Waals surface area contributed by atoms with Crippen molar-refractivity contribution in [3.63, 3.8) is 0 Å². The normalized spacial score (nSPS) is 13.8. The van der Waals surface area contributed by atoms with Gasteiger partial charge in [0.2, 0.25) is 5.91 Å². The largest absolute Gasteiger partial charge is 0.365 e. The van der Waals surface area contributed by atoms with Crippen LogP contribution in [0.25, 0.3) is 0 Å². The van der Waals surface area contributed by atoms with E-state index in [-0.39, 0.29) is 5.91 Å². The number of nitrogens with two attached hydrogens (primary N) is 1. The summed E-state index contributed by atoms with van der Waals surface area (Å²) in [6.07, 6.45) is 6.31. The van der Waals surface area contributed by atoms with E-state index in [1.165, 1.54) is 28.2 Å². The highest BCUT2D eigenvalue weighted by Crippen LogP contribution is 2.37. The van der Waals surface area contributed by atoms with Crippen molar-refractivity contribution < 1.29 is 9.59 Å². The number of amides is 2. The van der Waals surface area contributed by atoms with Gasteiger partial charge in [-0.05, 0) is 50.2 Å². The maximum Gasteiger partial charge on any atom is 0.251 e. The number of carbonyl (C=O) groups is 2. The van der Waals surface area contributed by atoms with E-state index in [0.29, 0.717) is 23.4 Å². The summed E-state index contributed by atoms with van der Waals surface area (Å²) in [5.41, 5.74) is 9.54. The molecule has 0 saturated heterocycles. The predicted octanol–water partition coefficient (Wildman–Crippen LogP) is 4.00. The van der Waals surface area contributed by atoms with Crippen LogP contribution >= 0.6 is 11.3 Å². The van der Waals surface area contributed by atoms with Gasteiger partial charge < -0.3 is 11.1 Å². The average molecular weight is 356 g/mol. The van der Waals surface area contributed by atoms with Gasteiger partial charge in [-0.1, -0.05) is 36.2 Å². The Balaban J connectivity index is 1.70. The third-order valence-electron chi connectivity index (χ3n) is 4.68. The first-order valence-electron chi connectivity index (χ1n) is 8.84. The minimum Gasteiger partial charge on any atom is -0.365 e. The number of hydrogen-bond acceptors (Lipinski definition) is 3. The first kappa shape index (κ1) is 17.7. The molecule has 0 saturated carbocycles. The van der Waals surface area contributed by atoms with Gasteiger partial charge in [0, 0.05) is 11.3 Å². The van der Waals surface area contributed by atoms with Gasteiger partial charge in [-0.15, -0.1) is 11.3 Å². The standard InChI is InChI=1S/C20H24N2O2S/c1-13-7-9-14(10-8-13)11-12-17(23)22-20-18(19(21)24)15-5-3-2-4-6-16(15)25-20/h7-10H,2-6,11-12H2,1H3,(H2,21,24)(H,22,23). The van der Waals surface area contributed by atoms with Crippen molar-refractivity contribution in [3.05, 3.63) is 51.4 Å². The molecular weight excluding hydrogens is 332 g/mol. The molecule has 25 heavy (non-hydrogen) atoms. The van der Waals surface area contributed by atoms with Gasteiger partial charge in [0.15, 0.2) is 0 Å². The fourth-order valence-electron chi connectivity index (χ4n) is 3.29. The Morgan fingerprint density at radius 1 is 1.12 bits per heavy atom. The van der Waals surface area contributed by atoms with Crippen molar-refractivity contribution >= 4 is 28.2 Å². The molecule has 1 aliphatic carbocycles. The van der Waals surface area contributed by atoms with Crippen LogP contribution in [0, 0.1) is 6.92 Å². The lowest BCUT2D eigenvalue weighted by atomic mass is 10.0. The maximum absolute atomic E-state index is 12.4. The molecule has 0 radical (unpaired) electrons. The van der Waals surface area contributed by atoms with E-state index in [9.17, 15) is 9.59 Å². The Hall–Kier alpha value is -2.14. The molecule has 0 bridgehead atoms. The molecule has 1 heterocycles. The Kier molecular flexibility index (Phi) is 5.53. The van der Waals surface area contributed by atoms with Gasteiger partial charge in [-0.2, -0.15) is 0 Å². The number of fused-ring (bicyclic) bond motifs is 1. The maximum atomic E-state index is 12.4. The lowest BCUT2D eigenvalue weighted by Gasteiger charge is -2.07. The van der Waals surface area contributed by atoms with Crippen LogP contribution in [-0.4, -0.2) is 11.8 Å². The van der Waals surface area contributed by atoms with Crippen LogP contribution in [0.15, 0.2) is 24.3 Å². The minimum absolute atomic E-state index is 0.0699. The SMILES string of the molecule is Cc1ccc(CCC(=O)Nc2sc3c(c2C(N)=O)CCCCC3)cc1. The van der Waals surface area contributed by atoms with Gasteiger partial charge in [0.1, 0.15) is 5.00 Å². The highest BCUT2D eigenvalue weighted by molar-refractivity contribution is 7.17. The average Bonchev–Trinajstić information content (AvgIpc) is 2.75. The van der Waals surface area contributed by atoms with E-state index in [4.69, 9.17) is 5.73 Å².